The van der Waals surface area contributed by atoms with Gasteiger partial charge in [-0.25, -0.2) is 0 Å². The Morgan fingerprint density at radius 3 is 2.63 bits per heavy atom. The molecule has 1 aliphatic heterocycles. The van der Waals surface area contributed by atoms with Crippen LogP contribution in [-0.2, 0) is 0 Å². The van der Waals surface area contributed by atoms with Crippen molar-refractivity contribution in [3.63, 3.8) is 0 Å². The van der Waals surface area contributed by atoms with Crippen LogP contribution in [0.3, 0.4) is 0 Å². The Morgan fingerprint density at radius 2 is 2.00 bits per heavy atom. The Hall–Kier alpha value is -1.26. The summed E-state index contributed by atoms with van der Waals surface area (Å²) < 4.78 is 11.1. The van der Waals surface area contributed by atoms with Crippen LogP contribution < -0.4 is 14.8 Å². The van der Waals surface area contributed by atoms with Crippen LogP contribution in [0.5, 0.6) is 11.5 Å². The smallest absolute Gasteiger partial charge is 0.161 e. The number of hydrogen-bond acceptors (Lipinski definition) is 4. The molecule has 2 N–H and O–H groups in total. The molecule has 2 atom stereocenters. The summed E-state index contributed by atoms with van der Waals surface area (Å²) in [5.41, 5.74) is 0.881. The van der Waals surface area contributed by atoms with Crippen molar-refractivity contribution >= 4 is 0 Å². The highest BCUT2D eigenvalue weighted by atomic mass is 16.5. The second kappa shape index (κ2) is 6.78. The molecular formula is C15H23NO3. The van der Waals surface area contributed by atoms with E-state index in [2.05, 4.69) is 5.32 Å². The van der Waals surface area contributed by atoms with Crippen LogP contribution in [0.25, 0.3) is 0 Å². The third-order valence-corrected chi connectivity index (χ3v) is 3.39. The molecule has 106 valence electrons. The molecule has 1 heterocycles. The van der Waals surface area contributed by atoms with Gasteiger partial charge in [0.05, 0.1) is 19.3 Å². The van der Waals surface area contributed by atoms with Crippen molar-refractivity contribution in [2.75, 3.05) is 19.8 Å². The highest BCUT2D eigenvalue weighted by Crippen LogP contribution is 2.32. The Kier molecular flexibility index (Phi) is 5.05. The van der Waals surface area contributed by atoms with E-state index in [1.165, 1.54) is 0 Å². The van der Waals surface area contributed by atoms with Gasteiger partial charge in [-0.3, -0.25) is 0 Å². The van der Waals surface area contributed by atoms with Gasteiger partial charge in [-0.05, 0) is 50.9 Å². The standard InChI is InChI=1S/C15H23NO3/c1-3-18-13-8-7-11(10-14(13)19-4-2)15(17)12-6-5-9-16-12/h7-8,10,12,15-17H,3-6,9H2,1-2H3. The molecule has 2 unspecified atom stereocenters. The van der Waals surface area contributed by atoms with Gasteiger partial charge in [0.15, 0.2) is 11.5 Å². The van der Waals surface area contributed by atoms with Crippen molar-refractivity contribution < 1.29 is 14.6 Å². The molecule has 0 aliphatic carbocycles. The van der Waals surface area contributed by atoms with Crippen molar-refractivity contribution in [2.45, 2.75) is 38.8 Å². The zero-order valence-electron chi connectivity index (χ0n) is 11.7. The molecule has 0 radical (unpaired) electrons. The van der Waals surface area contributed by atoms with E-state index in [-0.39, 0.29) is 6.04 Å². The van der Waals surface area contributed by atoms with Gasteiger partial charge in [0, 0.05) is 6.04 Å². The minimum absolute atomic E-state index is 0.146. The molecule has 4 heteroatoms. The van der Waals surface area contributed by atoms with Gasteiger partial charge in [0.1, 0.15) is 0 Å². The van der Waals surface area contributed by atoms with Gasteiger partial charge in [-0.1, -0.05) is 6.07 Å². The van der Waals surface area contributed by atoms with Crippen LogP contribution in [0, 0.1) is 0 Å². The van der Waals surface area contributed by atoms with E-state index in [0.29, 0.717) is 19.0 Å². The topological polar surface area (TPSA) is 50.7 Å². The van der Waals surface area contributed by atoms with Crippen LogP contribution in [0.1, 0.15) is 38.4 Å². The van der Waals surface area contributed by atoms with Crippen molar-refractivity contribution in [3.8, 4) is 11.5 Å². The lowest BCUT2D eigenvalue weighted by molar-refractivity contribution is 0.137. The fraction of sp³-hybridized carbons (Fsp3) is 0.600. The lowest BCUT2D eigenvalue weighted by Crippen LogP contribution is -2.28. The van der Waals surface area contributed by atoms with E-state index in [4.69, 9.17) is 9.47 Å². The molecule has 19 heavy (non-hydrogen) atoms. The molecule has 1 aromatic carbocycles. The van der Waals surface area contributed by atoms with Crippen molar-refractivity contribution in [2.24, 2.45) is 0 Å². The molecule has 1 fully saturated rings. The highest BCUT2D eigenvalue weighted by Gasteiger charge is 2.24. The van der Waals surface area contributed by atoms with Gasteiger partial charge in [0.2, 0.25) is 0 Å². The van der Waals surface area contributed by atoms with Gasteiger partial charge in [-0.2, -0.15) is 0 Å². The van der Waals surface area contributed by atoms with Crippen LogP contribution in [0.2, 0.25) is 0 Å². The second-order valence-electron chi connectivity index (χ2n) is 4.72. The lowest BCUT2D eigenvalue weighted by atomic mass is 10.0. The van der Waals surface area contributed by atoms with Gasteiger partial charge >= 0.3 is 0 Å². The Bertz CT molecular complexity index is 402. The third-order valence-electron chi connectivity index (χ3n) is 3.39. The Labute approximate surface area is 114 Å². The van der Waals surface area contributed by atoms with Crippen LogP contribution in [-0.4, -0.2) is 30.9 Å². The second-order valence-corrected chi connectivity index (χ2v) is 4.72. The largest absolute Gasteiger partial charge is 0.490 e. The number of aliphatic hydroxyl groups is 1. The van der Waals surface area contributed by atoms with Crippen LogP contribution >= 0.6 is 0 Å². The summed E-state index contributed by atoms with van der Waals surface area (Å²) in [4.78, 5) is 0. The van der Waals surface area contributed by atoms with Crippen molar-refractivity contribution in [1.82, 2.24) is 5.32 Å². The number of rotatable bonds is 6. The highest BCUT2D eigenvalue weighted by molar-refractivity contribution is 5.44. The monoisotopic (exact) mass is 265 g/mol. The summed E-state index contributed by atoms with van der Waals surface area (Å²) >= 11 is 0. The Balaban J connectivity index is 2.18. The normalized spacial score (nSPS) is 20.3. The van der Waals surface area contributed by atoms with E-state index in [1.807, 2.05) is 32.0 Å². The number of nitrogens with one attached hydrogen (secondary N) is 1. The van der Waals surface area contributed by atoms with Gasteiger partial charge in [-0.15, -0.1) is 0 Å². The predicted molar refractivity (Wildman–Crippen MR) is 74.8 cm³/mol. The SMILES string of the molecule is CCOc1ccc(C(O)C2CCCN2)cc1OCC. The minimum Gasteiger partial charge on any atom is -0.490 e. The first-order valence-corrected chi connectivity index (χ1v) is 7.07. The molecule has 0 bridgehead atoms. The van der Waals surface area contributed by atoms with E-state index in [0.717, 1.165) is 30.7 Å². The average Bonchev–Trinajstić information content (AvgIpc) is 2.94. The summed E-state index contributed by atoms with van der Waals surface area (Å²) in [7, 11) is 0. The average molecular weight is 265 g/mol. The van der Waals surface area contributed by atoms with Crippen molar-refractivity contribution in [1.29, 1.82) is 0 Å². The zero-order valence-corrected chi connectivity index (χ0v) is 11.7. The van der Waals surface area contributed by atoms with Crippen LogP contribution in [0.4, 0.5) is 0 Å². The summed E-state index contributed by atoms with van der Waals surface area (Å²) in [6, 6.07) is 5.83. The number of aliphatic hydroxyl groups excluding tert-OH is 1. The molecule has 0 amide bonds. The Morgan fingerprint density at radius 1 is 1.26 bits per heavy atom. The van der Waals surface area contributed by atoms with Gasteiger partial charge in [0.25, 0.3) is 0 Å². The summed E-state index contributed by atoms with van der Waals surface area (Å²) in [5, 5.41) is 13.7. The molecule has 0 aromatic heterocycles. The first-order valence-electron chi connectivity index (χ1n) is 7.07. The number of benzene rings is 1. The maximum atomic E-state index is 10.4. The van der Waals surface area contributed by atoms with E-state index < -0.39 is 6.10 Å². The summed E-state index contributed by atoms with van der Waals surface area (Å²) in [6.07, 6.45) is 1.65. The first-order chi connectivity index (χ1) is 9.26. The molecule has 4 nitrogen and oxygen atoms in total. The number of ether oxygens (including phenoxy) is 2. The number of hydrogen-bond donors (Lipinski definition) is 2. The predicted octanol–water partition coefficient (Wildman–Crippen LogP) is 2.27. The molecule has 1 aliphatic rings. The van der Waals surface area contributed by atoms with E-state index >= 15 is 0 Å². The maximum Gasteiger partial charge on any atom is 0.161 e. The lowest BCUT2D eigenvalue weighted by Gasteiger charge is -2.20. The molecule has 2 rings (SSSR count). The van der Waals surface area contributed by atoms with Crippen molar-refractivity contribution in [3.05, 3.63) is 23.8 Å². The van der Waals surface area contributed by atoms with Crippen LogP contribution in [0.15, 0.2) is 18.2 Å². The zero-order chi connectivity index (χ0) is 13.7. The third kappa shape index (κ3) is 3.39. The molecular weight excluding hydrogens is 242 g/mol. The first kappa shape index (κ1) is 14.2. The molecule has 1 aromatic rings. The maximum absolute atomic E-state index is 10.4. The minimum atomic E-state index is -0.489. The molecule has 1 saturated heterocycles. The summed E-state index contributed by atoms with van der Waals surface area (Å²) in [6.45, 7) is 6.06. The fourth-order valence-corrected chi connectivity index (χ4v) is 2.46. The molecule has 0 spiro atoms. The van der Waals surface area contributed by atoms with E-state index in [1.54, 1.807) is 0 Å². The molecule has 0 saturated carbocycles. The van der Waals surface area contributed by atoms with Gasteiger partial charge < -0.3 is 19.9 Å². The van der Waals surface area contributed by atoms with E-state index in [9.17, 15) is 5.11 Å². The summed E-state index contributed by atoms with van der Waals surface area (Å²) in [5.74, 6) is 1.44. The fourth-order valence-electron chi connectivity index (χ4n) is 2.46. The quantitative estimate of drug-likeness (QED) is 0.828.